The monoisotopic (exact) mass is 386 g/mol. The van der Waals surface area contributed by atoms with E-state index in [9.17, 15) is 4.79 Å². The Balaban J connectivity index is 2.13. The summed E-state index contributed by atoms with van der Waals surface area (Å²) in [5.74, 6) is -0.189. The van der Waals surface area contributed by atoms with E-state index >= 15 is 0 Å². The van der Waals surface area contributed by atoms with E-state index in [4.69, 9.17) is 23.2 Å². The number of nitrogens with one attached hydrogen (secondary N) is 1. The number of benzene rings is 1. The summed E-state index contributed by atoms with van der Waals surface area (Å²) in [5, 5.41) is 3.54. The van der Waals surface area contributed by atoms with Gasteiger partial charge >= 0.3 is 0 Å². The molecule has 0 radical (unpaired) electrons. The molecule has 0 bridgehead atoms. The number of hydrogen-bond donors (Lipinski definition) is 1. The van der Waals surface area contributed by atoms with E-state index in [1.807, 2.05) is 25.1 Å². The number of anilines is 1. The Morgan fingerprint density at radius 1 is 1.29 bits per heavy atom. The highest BCUT2D eigenvalue weighted by Crippen LogP contribution is 2.25. The van der Waals surface area contributed by atoms with Gasteiger partial charge in [-0.3, -0.25) is 4.79 Å². The number of rotatable bonds is 3. The molecule has 2 rings (SSSR count). The van der Waals surface area contributed by atoms with Crippen LogP contribution in [0.5, 0.6) is 0 Å². The normalized spacial score (nSPS) is 10.5. The molecule has 0 atom stereocenters. The summed E-state index contributed by atoms with van der Waals surface area (Å²) in [6.07, 6.45) is 0.0834. The molecule has 0 saturated heterocycles. The van der Waals surface area contributed by atoms with Crippen molar-refractivity contribution in [1.29, 1.82) is 0 Å². The molecule has 0 aliphatic rings. The summed E-state index contributed by atoms with van der Waals surface area (Å²) in [5.41, 5.74) is 3.03. The first kappa shape index (κ1) is 16.3. The number of amides is 1. The van der Waals surface area contributed by atoms with Crippen LogP contribution >= 0.6 is 39.1 Å². The first-order valence-electron chi connectivity index (χ1n) is 6.24. The lowest BCUT2D eigenvalue weighted by Crippen LogP contribution is -2.15. The summed E-state index contributed by atoms with van der Waals surface area (Å²) in [6.45, 7) is 3.75. The van der Waals surface area contributed by atoms with E-state index in [0.717, 1.165) is 21.4 Å². The van der Waals surface area contributed by atoms with Crippen LogP contribution in [-0.2, 0) is 11.2 Å². The molecular weight excluding hydrogens is 375 g/mol. The number of pyridine rings is 1. The maximum atomic E-state index is 12.1. The largest absolute Gasteiger partial charge is 0.326 e. The van der Waals surface area contributed by atoms with E-state index in [1.54, 1.807) is 13.0 Å². The van der Waals surface area contributed by atoms with Crippen LogP contribution in [-0.4, -0.2) is 10.9 Å². The highest BCUT2D eigenvalue weighted by Gasteiger charge is 2.13. The lowest BCUT2D eigenvalue weighted by molar-refractivity contribution is -0.115. The third-order valence-corrected chi connectivity index (χ3v) is 4.47. The van der Waals surface area contributed by atoms with Crippen molar-refractivity contribution in [3.63, 3.8) is 0 Å². The molecule has 1 N–H and O–H groups in total. The van der Waals surface area contributed by atoms with E-state index in [1.165, 1.54) is 0 Å². The molecule has 110 valence electrons. The van der Waals surface area contributed by atoms with E-state index in [0.29, 0.717) is 10.6 Å². The van der Waals surface area contributed by atoms with Crippen LogP contribution in [0.2, 0.25) is 10.2 Å². The van der Waals surface area contributed by atoms with Gasteiger partial charge in [-0.2, -0.15) is 0 Å². The summed E-state index contributed by atoms with van der Waals surface area (Å²) < 4.78 is 0.995. The van der Waals surface area contributed by atoms with Crippen LogP contribution in [0.4, 0.5) is 5.69 Å². The maximum absolute atomic E-state index is 12.1. The Labute approximate surface area is 141 Å². The number of aryl methyl sites for hydroxylation is 2. The molecule has 0 unspecified atom stereocenters. The lowest BCUT2D eigenvalue weighted by atomic mass is 10.1. The fourth-order valence-corrected chi connectivity index (χ4v) is 2.78. The third-order valence-electron chi connectivity index (χ3n) is 2.93. The number of aromatic nitrogens is 1. The van der Waals surface area contributed by atoms with E-state index < -0.39 is 0 Å². The minimum absolute atomic E-state index is 0.0834. The molecule has 1 amide bonds. The number of nitrogens with zero attached hydrogens (tertiary/aromatic N) is 1. The lowest BCUT2D eigenvalue weighted by Gasteiger charge is -2.09. The fraction of sp³-hybridized carbons (Fsp3) is 0.200. The van der Waals surface area contributed by atoms with Crippen molar-refractivity contribution >= 4 is 50.7 Å². The van der Waals surface area contributed by atoms with Crippen LogP contribution in [0.3, 0.4) is 0 Å². The van der Waals surface area contributed by atoms with Gasteiger partial charge in [0.2, 0.25) is 5.91 Å². The maximum Gasteiger partial charge on any atom is 0.228 e. The first-order chi connectivity index (χ1) is 9.86. The Bertz CT molecular complexity index is 681. The number of carbonyl (C=O) groups is 1. The van der Waals surface area contributed by atoms with Crippen LogP contribution < -0.4 is 5.32 Å². The molecule has 21 heavy (non-hydrogen) atoms. The zero-order chi connectivity index (χ0) is 15.6. The van der Waals surface area contributed by atoms with Crippen molar-refractivity contribution < 1.29 is 4.79 Å². The highest BCUT2D eigenvalue weighted by molar-refractivity contribution is 9.10. The van der Waals surface area contributed by atoms with Crippen molar-refractivity contribution in [2.45, 2.75) is 20.3 Å². The smallest absolute Gasteiger partial charge is 0.228 e. The Hall–Kier alpha value is -1.10. The van der Waals surface area contributed by atoms with Gasteiger partial charge in [-0.05, 0) is 43.7 Å². The Morgan fingerprint density at radius 2 is 2.00 bits per heavy atom. The molecule has 2 aromatic rings. The van der Waals surface area contributed by atoms with Crippen molar-refractivity contribution in [3.05, 3.63) is 55.7 Å². The molecule has 0 spiro atoms. The van der Waals surface area contributed by atoms with Crippen LogP contribution in [0.1, 0.15) is 16.8 Å². The fourth-order valence-electron chi connectivity index (χ4n) is 1.87. The molecule has 1 aromatic heterocycles. The Morgan fingerprint density at radius 3 is 2.62 bits per heavy atom. The average molecular weight is 388 g/mol. The standard InChI is InChI=1S/C15H13BrCl2N2O/c1-8-5-10(3-4-12(8)16)20-14(21)7-11-13(17)6-9(2)19-15(11)18/h3-6H,7H2,1-2H3,(H,20,21). The molecule has 6 heteroatoms. The molecule has 0 aliphatic heterocycles. The van der Waals surface area contributed by atoms with E-state index in [-0.39, 0.29) is 17.5 Å². The topological polar surface area (TPSA) is 42.0 Å². The molecule has 0 aliphatic carbocycles. The second-order valence-corrected chi connectivity index (χ2v) is 6.32. The van der Waals surface area contributed by atoms with Gasteiger partial charge in [-0.15, -0.1) is 0 Å². The quantitative estimate of drug-likeness (QED) is 0.757. The molecular formula is C15H13BrCl2N2O. The van der Waals surface area contributed by atoms with Gasteiger partial charge in [0.05, 0.1) is 6.42 Å². The second-order valence-electron chi connectivity index (χ2n) is 4.70. The van der Waals surface area contributed by atoms with Crippen molar-refractivity contribution in [1.82, 2.24) is 4.98 Å². The minimum atomic E-state index is -0.189. The van der Waals surface area contributed by atoms with Crippen LogP contribution in [0, 0.1) is 13.8 Å². The van der Waals surface area contributed by atoms with Gasteiger partial charge in [0.15, 0.2) is 0 Å². The molecule has 0 saturated carbocycles. The molecule has 0 fully saturated rings. The summed E-state index contributed by atoms with van der Waals surface area (Å²) >= 11 is 15.6. The van der Waals surface area contributed by atoms with Crippen molar-refractivity contribution in [2.75, 3.05) is 5.32 Å². The second kappa shape index (κ2) is 6.77. The van der Waals surface area contributed by atoms with Gasteiger partial charge in [0.25, 0.3) is 0 Å². The van der Waals surface area contributed by atoms with Crippen LogP contribution in [0.25, 0.3) is 0 Å². The van der Waals surface area contributed by atoms with Crippen molar-refractivity contribution in [3.8, 4) is 0 Å². The molecule has 1 heterocycles. The molecule has 1 aromatic carbocycles. The Kier molecular flexibility index (Phi) is 5.25. The number of carbonyl (C=O) groups excluding carboxylic acids is 1. The SMILES string of the molecule is Cc1cc(Cl)c(CC(=O)Nc2ccc(Br)c(C)c2)c(Cl)n1. The van der Waals surface area contributed by atoms with Gasteiger partial charge in [-0.25, -0.2) is 4.98 Å². The summed E-state index contributed by atoms with van der Waals surface area (Å²) in [7, 11) is 0. The molecule has 3 nitrogen and oxygen atoms in total. The predicted molar refractivity (Wildman–Crippen MR) is 90.2 cm³/mol. The highest BCUT2D eigenvalue weighted by atomic mass is 79.9. The minimum Gasteiger partial charge on any atom is -0.326 e. The van der Waals surface area contributed by atoms with Gasteiger partial charge in [-0.1, -0.05) is 39.1 Å². The number of hydrogen-bond acceptors (Lipinski definition) is 2. The zero-order valence-corrected chi connectivity index (χ0v) is 14.6. The predicted octanol–water partition coefficient (Wildman–Crippen LogP) is 4.95. The van der Waals surface area contributed by atoms with Gasteiger partial charge in [0, 0.05) is 26.4 Å². The van der Waals surface area contributed by atoms with Crippen LogP contribution in [0.15, 0.2) is 28.7 Å². The number of halogens is 3. The average Bonchev–Trinajstić information content (AvgIpc) is 2.38. The van der Waals surface area contributed by atoms with Gasteiger partial charge < -0.3 is 5.32 Å². The van der Waals surface area contributed by atoms with Crippen molar-refractivity contribution in [2.24, 2.45) is 0 Å². The first-order valence-corrected chi connectivity index (χ1v) is 7.79. The summed E-state index contributed by atoms with van der Waals surface area (Å²) in [6, 6.07) is 7.29. The van der Waals surface area contributed by atoms with Gasteiger partial charge in [0.1, 0.15) is 5.15 Å². The zero-order valence-electron chi connectivity index (χ0n) is 11.5. The van der Waals surface area contributed by atoms with E-state index in [2.05, 4.69) is 26.2 Å². The summed E-state index contributed by atoms with van der Waals surface area (Å²) in [4.78, 5) is 16.2. The third kappa shape index (κ3) is 4.19.